The molecule has 2 rings (SSSR count). The van der Waals surface area contributed by atoms with Crippen molar-refractivity contribution < 1.29 is 26.3 Å². The molecule has 10 heteroatoms. The summed E-state index contributed by atoms with van der Waals surface area (Å²) >= 11 is 0. The summed E-state index contributed by atoms with van der Waals surface area (Å²) in [6, 6.07) is 9.87. The van der Waals surface area contributed by atoms with Crippen LogP contribution in [0.2, 0.25) is 0 Å². The maximum Gasteiger partial charge on any atom is 0.265 e. The molecule has 0 atom stereocenters. The number of sulfonamides is 2. The Labute approximate surface area is 299 Å². The molecule has 0 aliphatic rings. The number of hydrogen-bond acceptors (Lipinski definition) is 6. The standard InChI is InChI=1S/C39H65N2O6S2/c1-7-11-14-16-18-21-29-46-35-25-23-33(39(5,6)27-20-13-9-3)31-37(35)49(44,45)41-34-24-26-36(47-30-22-19-17-15-12-8-2)38(32-34)48(42,43)40-28-10-4/h10,23-26,31-32,40-41H,7-9,11-22,27-30H2,1-6H3. The van der Waals surface area contributed by atoms with Crippen LogP contribution in [0.5, 0.6) is 11.5 Å². The first-order chi connectivity index (χ1) is 23.4. The normalized spacial score (nSPS) is 12.3. The third-order valence-electron chi connectivity index (χ3n) is 8.89. The minimum Gasteiger partial charge on any atom is -0.492 e. The second-order valence-electron chi connectivity index (χ2n) is 13.8. The van der Waals surface area contributed by atoms with Crippen molar-refractivity contribution in [2.45, 2.75) is 159 Å². The van der Waals surface area contributed by atoms with Gasteiger partial charge in [-0.1, -0.05) is 131 Å². The van der Waals surface area contributed by atoms with Gasteiger partial charge in [0.2, 0.25) is 10.0 Å². The van der Waals surface area contributed by atoms with Crippen LogP contribution in [0.3, 0.4) is 0 Å². The molecule has 0 saturated carbocycles. The average Bonchev–Trinajstić information content (AvgIpc) is 3.07. The predicted molar refractivity (Wildman–Crippen MR) is 204 cm³/mol. The smallest absolute Gasteiger partial charge is 0.265 e. The van der Waals surface area contributed by atoms with Crippen molar-refractivity contribution in [2.24, 2.45) is 0 Å². The van der Waals surface area contributed by atoms with Crippen LogP contribution in [0.1, 0.15) is 150 Å². The SMILES string of the molecule is C[CH]CNS(=O)(=O)c1cc(NS(=O)(=O)c2cc(C(C)(C)CCCCC)ccc2OCCCCCCCC)ccc1OCCCCCCCC. The van der Waals surface area contributed by atoms with Gasteiger partial charge in [0.1, 0.15) is 21.3 Å². The molecule has 0 saturated heterocycles. The molecule has 0 spiro atoms. The molecule has 49 heavy (non-hydrogen) atoms. The van der Waals surface area contributed by atoms with E-state index < -0.39 is 20.0 Å². The molecule has 279 valence electrons. The summed E-state index contributed by atoms with van der Waals surface area (Å²) in [6.07, 6.45) is 18.9. The van der Waals surface area contributed by atoms with E-state index in [9.17, 15) is 16.8 Å². The van der Waals surface area contributed by atoms with Crippen LogP contribution in [0.15, 0.2) is 46.2 Å². The van der Waals surface area contributed by atoms with Crippen LogP contribution >= 0.6 is 0 Å². The summed E-state index contributed by atoms with van der Waals surface area (Å²) in [4.78, 5) is -0.0584. The first-order valence-electron chi connectivity index (χ1n) is 18.8. The number of nitrogens with one attached hydrogen (secondary N) is 2. The minimum absolute atomic E-state index is 0.0473. The lowest BCUT2D eigenvalue weighted by Gasteiger charge is -2.26. The fraction of sp³-hybridized carbons (Fsp3) is 0.667. The van der Waals surface area contributed by atoms with Gasteiger partial charge in [0, 0.05) is 6.54 Å². The van der Waals surface area contributed by atoms with Gasteiger partial charge in [-0.3, -0.25) is 4.72 Å². The van der Waals surface area contributed by atoms with Gasteiger partial charge in [-0.25, -0.2) is 21.6 Å². The molecular formula is C39H65N2O6S2. The fourth-order valence-corrected chi connectivity index (χ4v) is 8.17. The largest absolute Gasteiger partial charge is 0.492 e. The molecule has 8 nitrogen and oxygen atoms in total. The quantitative estimate of drug-likeness (QED) is 0.0847. The second-order valence-corrected chi connectivity index (χ2v) is 17.1. The lowest BCUT2D eigenvalue weighted by molar-refractivity contribution is 0.296. The van der Waals surface area contributed by atoms with Gasteiger partial charge in [0.15, 0.2) is 0 Å². The van der Waals surface area contributed by atoms with Crippen molar-refractivity contribution in [1.82, 2.24) is 4.72 Å². The zero-order valence-corrected chi connectivity index (χ0v) is 32.9. The number of unbranched alkanes of at least 4 members (excludes halogenated alkanes) is 12. The van der Waals surface area contributed by atoms with Gasteiger partial charge in [-0.05, 0) is 67.0 Å². The highest BCUT2D eigenvalue weighted by Crippen LogP contribution is 2.36. The molecule has 0 amide bonds. The van der Waals surface area contributed by atoms with Crippen molar-refractivity contribution in [3.8, 4) is 11.5 Å². The van der Waals surface area contributed by atoms with Crippen LogP contribution in [0, 0.1) is 6.42 Å². The van der Waals surface area contributed by atoms with E-state index in [1.54, 1.807) is 31.5 Å². The number of anilines is 1. The molecule has 2 N–H and O–H groups in total. The lowest BCUT2D eigenvalue weighted by atomic mass is 9.80. The minimum atomic E-state index is -4.17. The summed E-state index contributed by atoms with van der Waals surface area (Å²) in [5.41, 5.74) is 0.801. The molecular weight excluding hydrogens is 657 g/mol. The van der Waals surface area contributed by atoms with E-state index in [4.69, 9.17) is 9.47 Å². The number of benzene rings is 2. The van der Waals surface area contributed by atoms with Crippen LogP contribution in [0.25, 0.3) is 0 Å². The highest BCUT2D eigenvalue weighted by molar-refractivity contribution is 7.92. The van der Waals surface area contributed by atoms with E-state index >= 15 is 0 Å². The maximum absolute atomic E-state index is 14.1. The van der Waals surface area contributed by atoms with E-state index in [1.165, 1.54) is 50.7 Å². The van der Waals surface area contributed by atoms with E-state index in [-0.39, 0.29) is 33.2 Å². The summed E-state index contributed by atoms with van der Waals surface area (Å²) in [5.74, 6) is 0.486. The van der Waals surface area contributed by atoms with Crippen molar-refractivity contribution in [3.63, 3.8) is 0 Å². The van der Waals surface area contributed by atoms with E-state index in [0.29, 0.717) is 19.0 Å². The monoisotopic (exact) mass is 721 g/mol. The number of ether oxygens (including phenoxy) is 2. The van der Waals surface area contributed by atoms with Gasteiger partial charge in [-0.15, -0.1) is 0 Å². The molecule has 0 bridgehead atoms. The van der Waals surface area contributed by atoms with E-state index in [0.717, 1.165) is 69.8 Å². The third-order valence-corrected chi connectivity index (χ3v) is 11.7. The molecule has 1 radical (unpaired) electrons. The molecule has 2 aromatic carbocycles. The first kappa shape index (κ1) is 42.9. The zero-order chi connectivity index (χ0) is 36.2. The van der Waals surface area contributed by atoms with Crippen LogP contribution in [-0.2, 0) is 25.5 Å². The topological polar surface area (TPSA) is 111 Å². The van der Waals surface area contributed by atoms with Crippen LogP contribution in [0.4, 0.5) is 5.69 Å². The summed E-state index contributed by atoms with van der Waals surface area (Å²) in [6.45, 7) is 13.5. The van der Waals surface area contributed by atoms with Gasteiger partial charge >= 0.3 is 0 Å². The molecule has 0 aromatic heterocycles. The third kappa shape index (κ3) is 15.2. The Hall–Kier alpha value is -2.30. The van der Waals surface area contributed by atoms with Gasteiger partial charge in [0.05, 0.1) is 18.9 Å². The highest BCUT2D eigenvalue weighted by Gasteiger charge is 2.28. The Kier molecular flexibility index (Phi) is 19.7. The van der Waals surface area contributed by atoms with Crippen molar-refractivity contribution >= 4 is 25.7 Å². The molecule has 2 aromatic rings. The molecule has 0 unspecified atom stereocenters. The maximum atomic E-state index is 14.1. The number of rotatable bonds is 28. The Balaban J connectivity index is 2.39. The molecule has 0 heterocycles. The van der Waals surface area contributed by atoms with Crippen molar-refractivity contribution in [2.75, 3.05) is 24.5 Å². The van der Waals surface area contributed by atoms with Gasteiger partial charge in [0.25, 0.3) is 10.0 Å². The molecule has 0 aliphatic carbocycles. The van der Waals surface area contributed by atoms with Crippen LogP contribution < -0.4 is 18.9 Å². The predicted octanol–water partition coefficient (Wildman–Crippen LogP) is 10.3. The van der Waals surface area contributed by atoms with Crippen LogP contribution in [-0.4, -0.2) is 36.6 Å². The van der Waals surface area contributed by atoms with Crippen molar-refractivity contribution in [3.05, 3.63) is 48.4 Å². The zero-order valence-electron chi connectivity index (χ0n) is 31.2. The molecule has 0 fully saturated rings. The average molecular weight is 722 g/mol. The molecule has 0 aliphatic heterocycles. The fourth-order valence-electron chi connectivity index (χ4n) is 5.73. The summed E-state index contributed by atoms with van der Waals surface area (Å²) < 4.78 is 72.2. The van der Waals surface area contributed by atoms with Crippen molar-refractivity contribution in [1.29, 1.82) is 0 Å². The van der Waals surface area contributed by atoms with E-state index in [1.807, 2.05) is 6.07 Å². The summed E-state index contributed by atoms with van der Waals surface area (Å²) in [7, 11) is -8.15. The van der Waals surface area contributed by atoms with Gasteiger partial charge in [-0.2, -0.15) is 0 Å². The first-order valence-corrected chi connectivity index (χ1v) is 21.7. The Morgan fingerprint density at radius 2 is 1.12 bits per heavy atom. The lowest BCUT2D eigenvalue weighted by Crippen LogP contribution is -2.25. The highest BCUT2D eigenvalue weighted by atomic mass is 32.2. The Bertz CT molecular complexity index is 1440. The Morgan fingerprint density at radius 1 is 0.633 bits per heavy atom. The Morgan fingerprint density at radius 3 is 1.67 bits per heavy atom. The van der Waals surface area contributed by atoms with E-state index in [2.05, 4.69) is 44.1 Å². The summed E-state index contributed by atoms with van der Waals surface area (Å²) in [5, 5.41) is 0. The van der Waals surface area contributed by atoms with Gasteiger partial charge < -0.3 is 9.47 Å². The second kappa shape index (κ2) is 22.5. The number of hydrogen-bond donors (Lipinski definition) is 2.